The highest BCUT2D eigenvalue weighted by Gasteiger charge is 2.33. The van der Waals surface area contributed by atoms with Crippen LogP contribution in [0, 0.1) is 6.92 Å². The lowest BCUT2D eigenvalue weighted by molar-refractivity contribution is -0.138. The third-order valence-electron chi connectivity index (χ3n) is 4.14. The van der Waals surface area contributed by atoms with Gasteiger partial charge in [-0.25, -0.2) is 0 Å². The van der Waals surface area contributed by atoms with Crippen LogP contribution in [-0.2, 0) is 16.0 Å². The fourth-order valence-electron chi connectivity index (χ4n) is 3.01. The summed E-state index contributed by atoms with van der Waals surface area (Å²) in [6.07, 6.45) is 3.89. The summed E-state index contributed by atoms with van der Waals surface area (Å²) < 4.78 is 0. The SMILES string of the molecule is CCCC(=O)N1CCCC1C(=O)NCCc1cccc(C)c1. The van der Waals surface area contributed by atoms with Crippen LogP contribution in [0.5, 0.6) is 0 Å². The van der Waals surface area contributed by atoms with Gasteiger partial charge in [-0.05, 0) is 38.2 Å². The average molecular weight is 302 g/mol. The van der Waals surface area contributed by atoms with Crippen molar-refractivity contribution in [3.63, 3.8) is 0 Å². The van der Waals surface area contributed by atoms with Gasteiger partial charge in [0.2, 0.25) is 11.8 Å². The second-order valence-corrected chi connectivity index (χ2v) is 6.03. The molecule has 1 aliphatic heterocycles. The van der Waals surface area contributed by atoms with E-state index in [-0.39, 0.29) is 17.9 Å². The Balaban J connectivity index is 1.82. The maximum atomic E-state index is 12.3. The largest absolute Gasteiger partial charge is 0.354 e. The monoisotopic (exact) mass is 302 g/mol. The second kappa shape index (κ2) is 7.97. The summed E-state index contributed by atoms with van der Waals surface area (Å²) in [5.74, 6) is 0.105. The standard InChI is InChI=1S/C18H26N2O2/c1-3-6-17(21)20-12-5-9-16(20)18(22)19-11-10-15-8-4-7-14(2)13-15/h4,7-8,13,16H,3,5-6,9-12H2,1-2H3,(H,19,22). The number of benzene rings is 1. The number of nitrogens with zero attached hydrogens (tertiary/aromatic N) is 1. The van der Waals surface area contributed by atoms with Gasteiger partial charge in [-0.15, -0.1) is 0 Å². The number of hydrogen-bond donors (Lipinski definition) is 1. The molecule has 22 heavy (non-hydrogen) atoms. The number of hydrogen-bond acceptors (Lipinski definition) is 2. The maximum absolute atomic E-state index is 12.3. The van der Waals surface area contributed by atoms with Crippen molar-refractivity contribution in [2.75, 3.05) is 13.1 Å². The molecule has 1 N–H and O–H groups in total. The van der Waals surface area contributed by atoms with Gasteiger partial charge in [-0.2, -0.15) is 0 Å². The van der Waals surface area contributed by atoms with Crippen molar-refractivity contribution in [3.05, 3.63) is 35.4 Å². The van der Waals surface area contributed by atoms with Crippen molar-refractivity contribution >= 4 is 11.8 Å². The molecule has 1 aromatic rings. The van der Waals surface area contributed by atoms with E-state index in [1.807, 2.05) is 13.0 Å². The number of likely N-dealkylation sites (tertiary alicyclic amines) is 1. The van der Waals surface area contributed by atoms with E-state index in [1.54, 1.807) is 4.90 Å². The Morgan fingerprint density at radius 2 is 2.18 bits per heavy atom. The first-order valence-corrected chi connectivity index (χ1v) is 8.24. The minimum Gasteiger partial charge on any atom is -0.354 e. The van der Waals surface area contributed by atoms with Crippen LogP contribution in [-0.4, -0.2) is 35.8 Å². The number of rotatable bonds is 6. The van der Waals surface area contributed by atoms with E-state index in [2.05, 4.69) is 30.4 Å². The molecule has 0 saturated carbocycles. The fraction of sp³-hybridized carbons (Fsp3) is 0.556. The van der Waals surface area contributed by atoms with Gasteiger partial charge in [-0.3, -0.25) is 9.59 Å². The van der Waals surface area contributed by atoms with Gasteiger partial charge in [0, 0.05) is 19.5 Å². The molecule has 1 aliphatic rings. The van der Waals surface area contributed by atoms with Crippen LogP contribution in [0.3, 0.4) is 0 Å². The number of carbonyl (C=O) groups excluding carboxylic acids is 2. The highest BCUT2D eigenvalue weighted by atomic mass is 16.2. The van der Waals surface area contributed by atoms with Gasteiger partial charge in [0.1, 0.15) is 6.04 Å². The lowest BCUT2D eigenvalue weighted by Crippen LogP contribution is -2.46. The molecule has 1 fully saturated rings. The molecule has 0 aromatic heterocycles. The maximum Gasteiger partial charge on any atom is 0.242 e. The minimum atomic E-state index is -0.267. The smallest absolute Gasteiger partial charge is 0.242 e. The fourth-order valence-corrected chi connectivity index (χ4v) is 3.01. The van der Waals surface area contributed by atoms with Gasteiger partial charge >= 0.3 is 0 Å². The van der Waals surface area contributed by atoms with E-state index >= 15 is 0 Å². The number of amides is 2. The summed E-state index contributed by atoms with van der Waals surface area (Å²) in [6, 6.07) is 8.05. The van der Waals surface area contributed by atoms with Crippen molar-refractivity contribution < 1.29 is 9.59 Å². The van der Waals surface area contributed by atoms with E-state index in [1.165, 1.54) is 11.1 Å². The van der Waals surface area contributed by atoms with Crippen LogP contribution in [0.2, 0.25) is 0 Å². The lowest BCUT2D eigenvalue weighted by Gasteiger charge is -2.23. The summed E-state index contributed by atoms with van der Waals surface area (Å²) in [5, 5.41) is 2.99. The molecule has 4 heteroatoms. The van der Waals surface area contributed by atoms with Crippen molar-refractivity contribution in [2.45, 2.75) is 52.0 Å². The first kappa shape index (κ1) is 16.5. The summed E-state index contributed by atoms with van der Waals surface area (Å²) in [7, 11) is 0. The first-order valence-electron chi connectivity index (χ1n) is 8.24. The van der Waals surface area contributed by atoms with E-state index in [0.717, 1.165) is 32.2 Å². The molecule has 1 heterocycles. The van der Waals surface area contributed by atoms with Crippen LogP contribution in [0.1, 0.15) is 43.7 Å². The second-order valence-electron chi connectivity index (χ2n) is 6.03. The lowest BCUT2D eigenvalue weighted by atomic mass is 10.1. The third-order valence-corrected chi connectivity index (χ3v) is 4.14. The zero-order valence-electron chi connectivity index (χ0n) is 13.6. The molecule has 2 rings (SSSR count). The Morgan fingerprint density at radius 1 is 1.36 bits per heavy atom. The van der Waals surface area contributed by atoms with Crippen LogP contribution in [0.15, 0.2) is 24.3 Å². The quantitative estimate of drug-likeness (QED) is 0.877. The van der Waals surface area contributed by atoms with E-state index in [0.29, 0.717) is 13.0 Å². The van der Waals surface area contributed by atoms with Gasteiger partial charge in [0.15, 0.2) is 0 Å². The molecule has 1 saturated heterocycles. The van der Waals surface area contributed by atoms with Gasteiger partial charge in [-0.1, -0.05) is 36.8 Å². The van der Waals surface area contributed by atoms with Crippen molar-refractivity contribution in [2.24, 2.45) is 0 Å². The van der Waals surface area contributed by atoms with Crippen molar-refractivity contribution in [1.29, 1.82) is 0 Å². The topological polar surface area (TPSA) is 49.4 Å². The zero-order valence-corrected chi connectivity index (χ0v) is 13.6. The van der Waals surface area contributed by atoms with Gasteiger partial charge in [0.25, 0.3) is 0 Å². The minimum absolute atomic E-state index is 0.00499. The predicted octanol–water partition coefficient (Wildman–Crippen LogP) is 2.44. The zero-order chi connectivity index (χ0) is 15.9. The summed E-state index contributed by atoms with van der Waals surface area (Å²) >= 11 is 0. The van der Waals surface area contributed by atoms with Crippen LogP contribution in [0.25, 0.3) is 0 Å². The predicted molar refractivity (Wildman–Crippen MR) is 87.5 cm³/mol. The first-order chi connectivity index (χ1) is 10.6. The summed E-state index contributed by atoms with van der Waals surface area (Å²) in [5.41, 5.74) is 2.46. The van der Waals surface area contributed by atoms with Gasteiger partial charge in [0.05, 0.1) is 0 Å². The molecule has 1 unspecified atom stereocenters. The Hall–Kier alpha value is -1.84. The highest BCUT2D eigenvalue weighted by Crippen LogP contribution is 2.18. The molecule has 0 spiro atoms. The third kappa shape index (κ3) is 4.33. The molecule has 4 nitrogen and oxygen atoms in total. The molecule has 0 aliphatic carbocycles. The Labute approximate surface area is 132 Å². The molecular formula is C18H26N2O2. The molecule has 0 bridgehead atoms. The van der Waals surface area contributed by atoms with Crippen molar-refractivity contribution in [3.8, 4) is 0 Å². The Kier molecular flexibility index (Phi) is 5.99. The molecule has 1 atom stereocenters. The Morgan fingerprint density at radius 3 is 2.91 bits per heavy atom. The van der Waals surface area contributed by atoms with Gasteiger partial charge < -0.3 is 10.2 Å². The Bertz CT molecular complexity index is 528. The highest BCUT2D eigenvalue weighted by molar-refractivity contribution is 5.88. The molecule has 2 amide bonds. The summed E-state index contributed by atoms with van der Waals surface area (Å²) in [6.45, 7) is 5.39. The van der Waals surface area contributed by atoms with Crippen LogP contribution < -0.4 is 5.32 Å². The van der Waals surface area contributed by atoms with E-state index in [9.17, 15) is 9.59 Å². The van der Waals surface area contributed by atoms with Crippen LogP contribution >= 0.6 is 0 Å². The number of carbonyl (C=O) groups is 2. The molecule has 0 radical (unpaired) electrons. The van der Waals surface area contributed by atoms with E-state index < -0.39 is 0 Å². The van der Waals surface area contributed by atoms with E-state index in [4.69, 9.17) is 0 Å². The van der Waals surface area contributed by atoms with Crippen LogP contribution in [0.4, 0.5) is 0 Å². The average Bonchev–Trinajstić information content (AvgIpc) is 2.97. The summed E-state index contributed by atoms with van der Waals surface area (Å²) in [4.78, 5) is 26.1. The number of nitrogens with one attached hydrogen (secondary N) is 1. The van der Waals surface area contributed by atoms with Crippen molar-refractivity contribution in [1.82, 2.24) is 10.2 Å². The number of aryl methyl sites for hydroxylation is 1. The molecule has 120 valence electrons. The normalized spacial score (nSPS) is 17.5. The molecular weight excluding hydrogens is 276 g/mol. The molecule has 1 aromatic carbocycles.